The molecule has 138 valence electrons. The van der Waals surface area contributed by atoms with Gasteiger partial charge in [-0.25, -0.2) is 4.79 Å². The Hall–Kier alpha value is -2.38. The molecule has 0 spiro atoms. The summed E-state index contributed by atoms with van der Waals surface area (Å²) in [5.41, 5.74) is 0.872. The highest BCUT2D eigenvalue weighted by molar-refractivity contribution is 5.81. The predicted molar refractivity (Wildman–Crippen MR) is 92.2 cm³/mol. The highest BCUT2D eigenvalue weighted by Gasteiger charge is 2.15. The zero-order valence-corrected chi connectivity index (χ0v) is 14.7. The van der Waals surface area contributed by atoms with E-state index >= 15 is 0 Å². The van der Waals surface area contributed by atoms with Crippen LogP contribution < -0.4 is 10.1 Å². The Morgan fingerprint density at radius 2 is 2.12 bits per heavy atom. The summed E-state index contributed by atoms with van der Waals surface area (Å²) in [4.78, 5) is 23.4. The van der Waals surface area contributed by atoms with E-state index in [-0.39, 0.29) is 13.2 Å². The molecule has 1 unspecified atom stereocenters. The molecule has 1 aromatic rings. The third kappa shape index (κ3) is 8.88. The molecule has 1 atom stereocenters. The van der Waals surface area contributed by atoms with Crippen LogP contribution in [0.3, 0.4) is 0 Å². The largest absolute Gasteiger partial charge is 0.491 e. The molecule has 0 fully saturated rings. The number of carbonyl (C=O) groups is 2. The lowest BCUT2D eigenvalue weighted by atomic mass is 10.2. The van der Waals surface area contributed by atoms with Crippen molar-refractivity contribution in [1.82, 2.24) is 5.32 Å². The van der Waals surface area contributed by atoms with Crippen LogP contribution in [-0.4, -0.2) is 51.5 Å². The van der Waals surface area contributed by atoms with Crippen LogP contribution in [0, 0.1) is 0 Å². The summed E-state index contributed by atoms with van der Waals surface area (Å²) in [5, 5.41) is 2.68. The van der Waals surface area contributed by atoms with Gasteiger partial charge < -0.3 is 24.3 Å². The van der Waals surface area contributed by atoms with Crippen molar-refractivity contribution < 1.29 is 28.5 Å². The van der Waals surface area contributed by atoms with Gasteiger partial charge in [-0.3, -0.25) is 4.79 Å². The minimum atomic E-state index is -0.744. The summed E-state index contributed by atoms with van der Waals surface area (Å²) in [6.07, 6.45) is 0.788. The third-order valence-corrected chi connectivity index (χ3v) is 3.09. The van der Waals surface area contributed by atoms with Gasteiger partial charge in [0.25, 0.3) is 5.91 Å². The summed E-state index contributed by atoms with van der Waals surface area (Å²) in [6.45, 7) is 6.19. The standard InChI is InChI=1S/C18H25NO6/c1-4-8-23-14(2)18(21)25-13-17(20)19-12-15-6-5-7-16(11-15)24-10-9-22-3/h4-7,11,14H,1,8-10,12-13H2,2-3H3,(H,19,20). The van der Waals surface area contributed by atoms with Crippen molar-refractivity contribution in [3.8, 4) is 5.75 Å². The molecule has 7 heteroatoms. The Balaban J connectivity index is 2.32. The molecule has 25 heavy (non-hydrogen) atoms. The SMILES string of the molecule is C=CCOC(C)C(=O)OCC(=O)NCc1cccc(OCCOC)c1. The first-order chi connectivity index (χ1) is 12.1. The van der Waals surface area contributed by atoms with Gasteiger partial charge in [-0.2, -0.15) is 0 Å². The molecule has 0 bridgehead atoms. The molecular weight excluding hydrogens is 326 g/mol. The summed E-state index contributed by atoms with van der Waals surface area (Å²) >= 11 is 0. The maximum absolute atomic E-state index is 11.8. The van der Waals surface area contributed by atoms with E-state index in [1.165, 1.54) is 6.08 Å². The second kappa shape index (κ2) is 12.0. The fraction of sp³-hybridized carbons (Fsp3) is 0.444. The van der Waals surface area contributed by atoms with E-state index in [2.05, 4.69) is 11.9 Å². The average molecular weight is 351 g/mol. The van der Waals surface area contributed by atoms with Gasteiger partial charge in [0.2, 0.25) is 0 Å². The van der Waals surface area contributed by atoms with Gasteiger partial charge in [-0.05, 0) is 24.6 Å². The average Bonchev–Trinajstić information content (AvgIpc) is 2.63. The summed E-state index contributed by atoms with van der Waals surface area (Å²) in [6, 6.07) is 7.35. The van der Waals surface area contributed by atoms with Gasteiger partial charge in [0, 0.05) is 13.7 Å². The van der Waals surface area contributed by atoms with E-state index < -0.39 is 18.0 Å². The van der Waals surface area contributed by atoms with Crippen LogP contribution in [0.1, 0.15) is 12.5 Å². The zero-order valence-electron chi connectivity index (χ0n) is 14.7. The fourth-order valence-electron chi connectivity index (χ4n) is 1.77. The number of esters is 1. The zero-order chi connectivity index (χ0) is 18.5. The van der Waals surface area contributed by atoms with Gasteiger partial charge in [0.15, 0.2) is 12.7 Å². The number of benzene rings is 1. The predicted octanol–water partition coefficient (Wildman–Crippen LogP) is 1.46. The second-order valence-electron chi connectivity index (χ2n) is 5.14. The van der Waals surface area contributed by atoms with Crippen LogP contribution in [0.4, 0.5) is 0 Å². The van der Waals surface area contributed by atoms with Crippen molar-refractivity contribution >= 4 is 11.9 Å². The van der Waals surface area contributed by atoms with Crippen LogP contribution in [0.25, 0.3) is 0 Å². The molecule has 0 aromatic heterocycles. The second-order valence-corrected chi connectivity index (χ2v) is 5.14. The maximum Gasteiger partial charge on any atom is 0.335 e. The summed E-state index contributed by atoms with van der Waals surface area (Å²) in [5.74, 6) is -0.288. The monoisotopic (exact) mass is 351 g/mol. The maximum atomic E-state index is 11.8. The van der Waals surface area contributed by atoms with Gasteiger partial charge in [-0.1, -0.05) is 18.2 Å². The van der Waals surface area contributed by atoms with Crippen LogP contribution in [0.5, 0.6) is 5.75 Å². The molecule has 0 saturated carbocycles. The quantitative estimate of drug-likeness (QED) is 0.349. The molecule has 0 heterocycles. The Morgan fingerprint density at radius 1 is 1.32 bits per heavy atom. The van der Waals surface area contributed by atoms with Gasteiger partial charge in [0.05, 0.1) is 13.2 Å². The van der Waals surface area contributed by atoms with Crippen LogP contribution >= 0.6 is 0 Å². The number of hydrogen-bond acceptors (Lipinski definition) is 6. The van der Waals surface area contributed by atoms with Crippen molar-refractivity contribution in [3.63, 3.8) is 0 Å². The molecule has 7 nitrogen and oxygen atoms in total. The lowest BCUT2D eigenvalue weighted by Gasteiger charge is -2.12. The first-order valence-corrected chi connectivity index (χ1v) is 7.93. The summed E-state index contributed by atoms with van der Waals surface area (Å²) < 4.78 is 20.4. The van der Waals surface area contributed by atoms with Gasteiger partial charge in [-0.15, -0.1) is 6.58 Å². The van der Waals surface area contributed by atoms with Gasteiger partial charge >= 0.3 is 5.97 Å². The number of hydrogen-bond donors (Lipinski definition) is 1. The molecule has 0 aliphatic rings. The molecule has 1 amide bonds. The Morgan fingerprint density at radius 3 is 2.84 bits per heavy atom. The number of rotatable bonds is 12. The van der Waals surface area contributed by atoms with E-state index in [0.717, 1.165) is 5.56 Å². The smallest absolute Gasteiger partial charge is 0.335 e. The van der Waals surface area contributed by atoms with Crippen LogP contribution in [-0.2, 0) is 30.3 Å². The number of amides is 1. The molecule has 0 saturated heterocycles. The van der Waals surface area contributed by atoms with E-state index in [4.69, 9.17) is 18.9 Å². The van der Waals surface area contributed by atoms with E-state index in [9.17, 15) is 9.59 Å². The first kappa shape index (κ1) is 20.7. The van der Waals surface area contributed by atoms with Crippen molar-refractivity contribution in [3.05, 3.63) is 42.5 Å². The Kier molecular flexibility index (Phi) is 9.96. The van der Waals surface area contributed by atoms with Crippen LogP contribution in [0.2, 0.25) is 0 Å². The highest BCUT2D eigenvalue weighted by atomic mass is 16.6. The molecular formula is C18H25NO6. The number of carbonyl (C=O) groups excluding carboxylic acids is 2. The number of methoxy groups -OCH3 is 1. The normalized spacial score (nSPS) is 11.4. The minimum absolute atomic E-state index is 0.241. The third-order valence-electron chi connectivity index (χ3n) is 3.09. The molecule has 1 aromatic carbocycles. The Labute approximate surface area is 147 Å². The van der Waals surface area contributed by atoms with Crippen molar-refractivity contribution in [2.45, 2.75) is 19.6 Å². The molecule has 1 rings (SSSR count). The topological polar surface area (TPSA) is 83.1 Å². The van der Waals surface area contributed by atoms with E-state index in [1.807, 2.05) is 24.3 Å². The van der Waals surface area contributed by atoms with Crippen molar-refractivity contribution in [1.29, 1.82) is 0 Å². The summed E-state index contributed by atoms with van der Waals surface area (Å²) in [7, 11) is 1.61. The van der Waals surface area contributed by atoms with Crippen LogP contribution in [0.15, 0.2) is 36.9 Å². The van der Waals surface area contributed by atoms with Crippen molar-refractivity contribution in [2.75, 3.05) is 33.5 Å². The molecule has 0 radical (unpaired) electrons. The number of ether oxygens (including phenoxy) is 4. The number of nitrogens with one attached hydrogen (secondary N) is 1. The lowest BCUT2D eigenvalue weighted by molar-refractivity contribution is -0.158. The molecule has 0 aliphatic carbocycles. The minimum Gasteiger partial charge on any atom is -0.491 e. The van der Waals surface area contributed by atoms with E-state index in [0.29, 0.717) is 25.5 Å². The fourth-order valence-corrected chi connectivity index (χ4v) is 1.77. The molecule has 1 N–H and O–H groups in total. The van der Waals surface area contributed by atoms with Crippen molar-refractivity contribution in [2.24, 2.45) is 0 Å². The highest BCUT2D eigenvalue weighted by Crippen LogP contribution is 2.13. The Bertz CT molecular complexity index is 560. The first-order valence-electron chi connectivity index (χ1n) is 7.93. The van der Waals surface area contributed by atoms with Gasteiger partial charge in [0.1, 0.15) is 12.4 Å². The molecule has 0 aliphatic heterocycles. The van der Waals surface area contributed by atoms with E-state index in [1.54, 1.807) is 14.0 Å². The lowest BCUT2D eigenvalue weighted by Crippen LogP contribution is -2.31.